The third-order valence-electron chi connectivity index (χ3n) is 2.37. The monoisotopic (exact) mass is 246 g/mol. The van der Waals surface area contributed by atoms with E-state index < -0.39 is 0 Å². The maximum atomic E-state index is 11.7. The van der Waals surface area contributed by atoms with Crippen molar-refractivity contribution in [2.24, 2.45) is 0 Å². The fourth-order valence-electron chi connectivity index (χ4n) is 1.42. The second-order valence-electron chi connectivity index (χ2n) is 3.75. The average molecular weight is 246 g/mol. The summed E-state index contributed by atoms with van der Waals surface area (Å²) in [5.74, 6) is 1.87. The summed E-state index contributed by atoms with van der Waals surface area (Å²) in [4.78, 5) is 11.7. The third-order valence-corrected chi connectivity index (χ3v) is 2.37. The minimum Gasteiger partial charge on any atom is -0.465 e. The van der Waals surface area contributed by atoms with Crippen molar-refractivity contribution >= 4 is 11.7 Å². The molecule has 0 aromatic carbocycles. The van der Waals surface area contributed by atoms with E-state index in [9.17, 15) is 4.79 Å². The second-order valence-corrected chi connectivity index (χ2v) is 3.75. The molecular weight excluding hydrogens is 232 g/mol. The molecule has 0 atom stereocenters. The molecular formula is C12H14N4O2. The van der Waals surface area contributed by atoms with Crippen molar-refractivity contribution in [1.82, 2.24) is 15.5 Å². The molecule has 18 heavy (non-hydrogen) atoms. The predicted molar refractivity (Wildman–Crippen MR) is 66.2 cm³/mol. The van der Waals surface area contributed by atoms with Gasteiger partial charge in [0.1, 0.15) is 17.3 Å². The zero-order valence-corrected chi connectivity index (χ0v) is 10.2. The number of carbonyl (C=O) groups excluding carboxylic acids is 1. The highest BCUT2D eigenvalue weighted by Crippen LogP contribution is 2.06. The van der Waals surface area contributed by atoms with E-state index in [0.717, 1.165) is 5.76 Å². The van der Waals surface area contributed by atoms with Crippen LogP contribution in [0.4, 0.5) is 5.82 Å². The standard InChI is InChI=1S/C12H14N4O2/c1-8-3-4-9(18-8)7-14-12(17)10-5-6-11(13-2)16-15-10/h3-6H,7H2,1-2H3,(H,13,16)(H,14,17). The van der Waals surface area contributed by atoms with Gasteiger partial charge in [0.25, 0.3) is 5.91 Å². The van der Waals surface area contributed by atoms with E-state index in [-0.39, 0.29) is 11.6 Å². The third kappa shape index (κ3) is 2.85. The van der Waals surface area contributed by atoms with Gasteiger partial charge in [-0.05, 0) is 31.2 Å². The van der Waals surface area contributed by atoms with Crippen LogP contribution in [0, 0.1) is 6.92 Å². The van der Waals surface area contributed by atoms with Gasteiger partial charge in [0.05, 0.1) is 6.54 Å². The summed E-state index contributed by atoms with van der Waals surface area (Å²) in [5, 5.41) is 13.2. The topological polar surface area (TPSA) is 80.0 Å². The Balaban J connectivity index is 1.94. The summed E-state index contributed by atoms with van der Waals surface area (Å²) < 4.78 is 5.35. The fourth-order valence-corrected chi connectivity index (χ4v) is 1.42. The molecule has 2 rings (SSSR count). The molecule has 2 heterocycles. The Labute approximate surface area is 104 Å². The number of carbonyl (C=O) groups is 1. The number of hydrogen-bond donors (Lipinski definition) is 2. The molecule has 2 N–H and O–H groups in total. The minimum atomic E-state index is -0.279. The Morgan fingerprint density at radius 3 is 2.67 bits per heavy atom. The van der Waals surface area contributed by atoms with Crippen molar-refractivity contribution in [3.63, 3.8) is 0 Å². The number of aromatic nitrogens is 2. The summed E-state index contributed by atoms with van der Waals surface area (Å²) in [6.07, 6.45) is 0. The maximum Gasteiger partial charge on any atom is 0.272 e. The molecule has 0 bridgehead atoms. The SMILES string of the molecule is CNc1ccc(C(=O)NCc2ccc(C)o2)nn1. The number of furan rings is 1. The van der Waals surface area contributed by atoms with Gasteiger partial charge in [0.2, 0.25) is 0 Å². The maximum absolute atomic E-state index is 11.7. The first-order chi connectivity index (χ1) is 8.69. The first-order valence-electron chi connectivity index (χ1n) is 5.54. The largest absolute Gasteiger partial charge is 0.465 e. The molecule has 0 aliphatic carbocycles. The molecule has 2 aromatic rings. The highest BCUT2D eigenvalue weighted by Gasteiger charge is 2.08. The lowest BCUT2D eigenvalue weighted by molar-refractivity contribution is 0.0942. The van der Waals surface area contributed by atoms with Gasteiger partial charge in [0, 0.05) is 7.05 Å². The fraction of sp³-hybridized carbons (Fsp3) is 0.250. The number of aryl methyl sites for hydroxylation is 1. The first-order valence-corrected chi connectivity index (χ1v) is 5.54. The van der Waals surface area contributed by atoms with Crippen molar-refractivity contribution in [3.8, 4) is 0 Å². The van der Waals surface area contributed by atoms with E-state index >= 15 is 0 Å². The zero-order chi connectivity index (χ0) is 13.0. The number of amides is 1. The number of rotatable bonds is 4. The first kappa shape index (κ1) is 12.1. The van der Waals surface area contributed by atoms with E-state index in [1.165, 1.54) is 0 Å². The molecule has 0 fully saturated rings. The summed E-state index contributed by atoms with van der Waals surface area (Å²) in [6.45, 7) is 2.19. The van der Waals surface area contributed by atoms with E-state index in [2.05, 4.69) is 20.8 Å². The molecule has 0 aliphatic rings. The molecule has 6 nitrogen and oxygen atoms in total. The summed E-state index contributed by atoms with van der Waals surface area (Å²) >= 11 is 0. The van der Waals surface area contributed by atoms with Crippen LogP contribution in [0.1, 0.15) is 22.0 Å². The van der Waals surface area contributed by atoms with E-state index in [4.69, 9.17) is 4.42 Å². The number of hydrogen-bond acceptors (Lipinski definition) is 5. The number of nitrogens with one attached hydrogen (secondary N) is 2. The molecule has 0 unspecified atom stereocenters. The van der Waals surface area contributed by atoms with Crippen LogP contribution in [0.25, 0.3) is 0 Å². The van der Waals surface area contributed by atoms with Crippen LogP contribution in [0.5, 0.6) is 0 Å². The van der Waals surface area contributed by atoms with Gasteiger partial charge in [-0.1, -0.05) is 0 Å². The van der Waals surface area contributed by atoms with E-state index in [0.29, 0.717) is 18.1 Å². The Morgan fingerprint density at radius 1 is 1.28 bits per heavy atom. The molecule has 6 heteroatoms. The summed E-state index contributed by atoms with van der Waals surface area (Å²) in [6, 6.07) is 6.98. The van der Waals surface area contributed by atoms with Crippen molar-refractivity contribution in [3.05, 3.63) is 41.5 Å². The van der Waals surface area contributed by atoms with Gasteiger partial charge in [0.15, 0.2) is 5.69 Å². The molecule has 1 amide bonds. The van der Waals surface area contributed by atoms with Gasteiger partial charge in [-0.25, -0.2) is 0 Å². The number of nitrogens with zero attached hydrogens (tertiary/aromatic N) is 2. The summed E-state index contributed by atoms with van der Waals surface area (Å²) in [7, 11) is 1.74. The Kier molecular flexibility index (Phi) is 3.57. The minimum absolute atomic E-state index is 0.275. The van der Waals surface area contributed by atoms with Crippen molar-refractivity contribution in [1.29, 1.82) is 0 Å². The molecule has 0 aliphatic heterocycles. The van der Waals surface area contributed by atoms with Gasteiger partial charge < -0.3 is 15.1 Å². The van der Waals surface area contributed by atoms with Crippen LogP contribution in [-0.2, 0) is 6.54 Å². The Hall–Kier alpha value is -2.37. The summed E-state index contributed by atoms with van der Waals surface area (Å²) in [5.41, 5.74) is 0.275. The van der Waals surface area contributed by atoms with E-state index in [1.54, 1.807) is 19.2 Å². The van der Waals surface area contributed by atoms with Crippen molar-refractivity contribution < 1.29 is 9.21 Å². The molecule has 0 saturated heterocycles. The lowest BCUT2D eigenvalue weighted by Gasteiger charge is -2.03. The lowest BCUT2D eigenvalue weighted by atomic mass is 10.3. The van der Waals surface area contributed by atoms with Crippen LogP contribution >= 0.6 is 0 Å². The molecule has 94 valence electrons. The smallest absolute Gasteiger partial charge is 0.272 e. The Bertz CT molecular complexity index is 533. The highest BCUT2D eigenvalue weighted by molar-refractivity contribution is 5.92. The van der Waals surface area contributed by atoms with Gasteiger partial charge in [-0.3, -0.25) is 4.79 Å². The zero-order valence-electron chi connectivity index (χ0n) is 10.2. The van der Waals surface area contributed by atoms with Crippen LogP contribution in [0.2, 0.25) is 0 Å². The number of anilines is 1. The van der Waals surface area contributed by atoms with Crippen LogP contribution in [0.3, 0.4) is 0 Å². The van der Waals surface area contributed by atoms with Crippen molar-refractivity contribution in [2.45, 2.75) is 13.5 Å². The Morgan fingerprint density at radius 2 is 2.11 bits per heavy atom. The molecule has 0 radical (unpaired) electrons. The van der Waals surface area contributed by atoms with Crippen molar-refractivity contribution in [2.75, 3.05) is 12.4 Å². The molecule has 0 saturated carbocycles. The predicted octanol–water partition coefficient (Wildman–Crippen LogP) is 1.35. The normalized spacial score (nSPS) is 10.1. The second kappa shape index (κ2) is 5.31. The average Bonchev–Trinajstić information content (AvgIpc) is 2.82. The highest BCUT2D eigenvalue weighted by atomic mass is 16.3. The van der Waals surface area contributed by atoms with Crippen LogP contribution in [0.15, 0.2) is 28.7 Å². The van der Waals surface area contributed by atoms with E-state index in [1.807, 2.05) is 19.1 Å². The molecule has 0 spiro atoms. The van der Waals surface area contributed by atoms with Crippen LogP contribution in [-0.4, -0.2) is 23.2 Å². The van der Waals surface area contributed by atoms with Gasteiger partial charge >= 0.3 is 0 Å². The van der Waals surface area contributed by atoms with Gasteiger partial charge in [-0.2, -0.15) is 0 Å². The quantitative estimate of drug-likeness (QED) is 0.851. The lowest BCUT2D eigenvalue weighted by Crippen LogP contribution is -2.23. The van der Waals surface area contributed by atoms with Crippen LogP contribution < -0.4 is 10.6 Å². The van der Waals surface area contributed by atoms with Gasteiger partial charge in [-0.15, -0.1) is 10.2 Å². The molecule has 2 aromatic heterocycles.